The predicted molar refractivity (Wildman–Crippen MR) is 64.0 cm³/mol. The summed E-state index contributed by atoms with van der Waals surface area (Å²) in [5.41, 5.74) is 1.37. The number of phenolic OH excluding ortho intramolecular Hbond substituents is 2. The van der Waals surface area contributed by atoms with Gasteiger partial charge in [-0.25, -0.2) is 0 Å². The van der Waals surface area contributed by atoms with E-state index in [1.807, 2.05) is 6.07 Å². The molecule has 0 unspecified atom stereocenters. The first kappa shape index (κ1) is 10.8. The summed E-state index contributed by atoms with van der Waals surface area (Å²) in [7, 11) is 0. The van der Waals surface area contributed by atoms with E-state index < -0.39 is 0 Å². The first-order chi connectivity index (χ1) is 7.68. The number of para-hydroxylation sites is 1. The summed E-state index contributed by atoms with van der Waals surface area (Å²) in [6.45, 7) is 0. The molecule has 0 aliphatic rings. The van der Waals surface area contributed by atoms with Crippen molar-refractivity contribution >= 4 is 11.6 Å². The van der Waals surface area contributed by atoms with Gasteiger partial charge in [-0.1, -0.05) is 35.9 Å². The summed E-state index contributed by atoms with van der Waals surface area (Å²) in [6.07, 6.45) is 0.415. The van der Waals surface area contributed by atoms with Gasteiger partial charge in [0.1, 0.15) is 11.5 Å². The Morgan fingerprint density at radius 3 is 2.25 bits per heavy atom. The fraction of sp³-hybridized carbons (Fsp3) is 0.0769. The van der Waals surface area contributed by atoms with Gasteiger partial charge in [-0.15, -0.1) is 0 Å². The zero-order valence-electron chi connectivity index (χ0n) is 8.52. The second kappa shape index (κ2) is 4.45. The Labute approximate surface area is 98.7 Å². The van der Waals surface area contributed by atoms with Gasteiger partial charge < -0.3 is 10.2 Å². The van der Waals surface area contributed by atoms with Crippen LogP contribution in [0.15, 0.2) is 42.5 Å². The fourth-order valence-electron chi connectivity index (χ4n) is 1.57. The number of phenols is 2. The van der Waals surface area contributed by atoms with E-state index in [9.17, 15) is 10.2 Å². The molecule has 0 heterocycles. The summed E-state index contributed by atoms with van der Waals surface area (Å²) in [4.78, 5) is 0. The maximum atomic E-state index is 9.68. The van der Waals surface area contributed by atoms with Gasteiger partial charge >= 0.3 is 0 Å². The average Bonchev–Trinajstić information content (AvgIpc) is 2.26. The van der Waals surface area contributed by atoms with Crippen LogP contribution in [-0.4, -0.2) is 10.2 Å². The molecule has 0 saturated heterocycles. The van der Waals surface area contributed by atoms with Crippen LogP contribution in [0.5, 0.6) is 11.5 Å². The normalized spacial score (nSPS) is 10.3. The molecule has 0 amide bonds. The molecule has 0 aliphatic carbocycles. The molecule has 0 fully saturated rings. The van der Waals surface area contributed by atoms with Crippen LogP contribution >= 0.6 is 11.6 Å². The molecule has 2 aromatic rings. The van der Waals surface area contributed by atoms with Crippen LogP contribution in [0.2, 0.25) is 5.02 Å². The third-order valence-electron chi connectivity index (χ3n) is 2.45. The number of aromatic hydroxyl groups is 2. The largest absolute Gasteiger partial charge is 0.508 e. The molecule has 0 radical (unpaired) electrons. The number of benzene rings is 2. The van der Waals surface area contributed by atoms with Gasteiger partial charge in [0.2, 0.25) is 0 Å². The lowest BCUT2D eigenvalue weighted by atomic mass is 10.0. The standard InChI is InChI=1S/C13H11ClO2/c14-11-5-3-7-13(16)10(11)8-9-4-1-2-6-12(9)15/h1-7,15-16H,8H2. The number of hydrogen-bond acceptors (Lipinski definition) is 2. The maximum Gasteiger partial charge on any atom is 0.120 e. The van der Waals surface area contributed by atoms with Gasteiger partial charge in [0.15, 0.2) is 0 Å². The Morgan fingerprint density at radius 2 is 1.56 bits per heavy atom. The molecule has 0 spiro atoms. The molecule has 3 heteroatoms. The lowest BCUT2D eigenvalue weighted by Gasteiger charge is -2.08. The highest BCUT2D eigenvalue weighted by atomic mass is 35.5. The van der Waals surface area contributed by atoms with Crippen molar-refractivity contribution in [1.29, 1.82) is 0 Å². The third kappa shape index (κ3) is 2.12. The van der Waals surface area contributed by atoms with Crippen LogP contribution in [0.4, 0.5) is 0 Å². The van der Waals surface area contributed by atoms with Gasteiger partial charge in [-0.2, -0.15) is 0 Å². The van der Waals surface area contributed by atoms with E-state index in [0.29, 0.717) is 17.0 Å². The van der Waals surface area contributed by atoms with Crippen LogP contribution in [0, 0.1) is 0 Å². The molecule has 2 nitrogen and oxygen atoms in total. The Morgan fingerprint density at radius 1 is 0.875 bits per heavy atom. The van der Waals surface area contributed by atoms with Crippen molar-refractivity contribution in [2.45, 2.75) is 6.42 Å². The molecule has 16 heavy (non-hydrogen) atoms. The second-order valence-electron chi connectivity index (χ2n) is 3.54. The minimum Gasteiger partial charge on any atom is -0.508 e. The van der Waals surface area contributed by atoms with Crippen molar-refractivity contribution in [1.82, 2.24) is 0 Å². The Kier molecular flexibility index (Phi) is 3.02. The molecular formula is C13H11ClO2. The van der Waals surface area contributed by atoms with E-state index in [2.05, 4.69) is 0 Å². The van der Waals surface area contributed by atoms with Gasteiger partial charge in [0.05, 0.1) is 0 Å². The van der Waals surface area contributed by atoms with Crippen molar-refractivity contribution in [3.63, 3.8) is 0 Å². The zero-order chi connectivity index (χ0) is 11.5. The summed E-state index contributed by atoms with van der Waals surface area (Å²) >= 11 is 5.99. The minimum atomic E-state index is 0.149. The van der Waals surface area contributed by atoms with Gasteiger partial charge in [-0.3, -0.25) is 0 Å². The van der Waals surface area contributed by atoms with Crippen LogP contribution < -0.4 is 0 Å². The fourth-order valence-corrected chi connectivity index (χ4v) is 1.81. The molecule has 0 aromatic heterocycles. The molecule has 2 aromatic carbocycles. The number of hydrogen-bond donors (Lipinski definition) is 2. The first-order valence-corrected chi connectivity index (χ1v) is 5.29. The molecule has 2 N–H and O–H groups in total. The molecular weight excluding hydrogens is 224 g/mol. The van der Waals surface area contributed by atoms with Gasteiger partial charge in [-0.05, 0) is 23.8 Å². The molecule has 82 valence electrons. The summed E-state index contributed by atoms with van der Waals surface area (Å²) in [5, 5.41) is 19.8. The van der Waals surface area contributed by atoms with E-state index in [4.69, 9.17) is 11.6 Å². The van der Waals surface area contributed by atoms with Crippen molar-refractivity contribution in [2.75, 3.05) is 0 Å². The molecule has 0 bridgehead atoms. The number of rotatable bonds is 2. The average molecular weight is 235 g/mol. The quantitative estimate of drug-likeness (QED) is 0.837. The van der Waals surface area contributed by atoms with Crippen molar-refractivity contribution in [2.24, 2.45) is 0 Å². The highest BCUT2D eigenvalue weighted by molar-refractivity contribution is 6.31. The maximum absolute atomic E-state index is 9.68. The Bertz CT molecular complexity index is 489. The summed E-state index contributed by atoms with van der Waals surface area (Å²) in [6, 6.07) is 12.0. The molecule has 0 saturated carbocycles. The van der Waals surface area contributed by atoms with Crippen molar-refractivity contribution in [3.05, 3.63) is 58.6 Å². The topological polar surface area (TPSA) is 40.5 Å². The lowest BCUT2D eigenvalue weighted by molar-refractivity contribution is 0.463. The van der Waals surface area contributed by atoms with Crippen LogP contribution in [0.25, 0.3) is 0 Å². The Balaban J connectivity index is 2.38. The van der Waals surface area contributed by atoms with E-state index in [1.54, 1.807) is 36.4 Å². The highest BCUT2D eigenvalue weighted by Gasteiger charge is 2.09. The number of halogens is 1. The molecule has 0 aliphatic heterocycles. The smallest absolute Gasteiger partial charge is 0.120 e. The van der Waals surface area contributed by atoms with E-state index in [0.717, 1.165) is 5.56 Å². The summed E-state index contributed by atoms with van der Waals surface area (Å²) < 4.78 is 0. The van der Waals surface area contributed by atoms with E-state index >= 15 is 0 Å². The SMILES string of the molecule is Oc1ccccc1Cc1c(O)cccc1Cl. The van der Waals surface area contributed by atoms with Gasteiger partial charge in [0, 0.05) is 17.0 Å². The second-order valence-corrected chi connectivity index (χ2v) is 3.95. The highest BCUT2D eigenvalue weighted by Crippen LogP contribution is 2.30. The van der Waals surface area contributed by atoms with Crippen LogP contribution in [-0.2, 0) is 6.42 Å². The van der Waals surface area contributed by atoms with Crippen LogP contribution in [0.3, 0.4) is 0 Å². The monoisotopic (exact) mass is 234 g/mol. The first-order valence-electron chi connectivity index (χ1n) is 4.91. The molecule has 2 rings (SSSR count). The Hall–Kier alpha value is -1.67. The summed E-state index contributed by atoms with van der Waals surface area (Å²) in [5.74, 6) is 0.359. The van der Waals surface area contributed by atoms with E-state index in [1.165, 1.54) is 0 Å². The third-order valence-corrected chi connectivity index (χ3v) is 2.81. The molecule has 0 atom stereocenters. The van der Waals surface area contributed by atoms with Crippen molar-refractivity contribution in [3.8, 4) is 11.5 Å². The van der Waals surface area contributed by atoms with Crippen molar-refractivity contribution < 1.29 is 10.2 Å². The lowest BCUT2D eigenvalue weighted by Crippen LogP contribution is -1.90. The van der Waals surface area contributed by atoms with E-state index in [-0.39, 0.29) is 11.5 Å². The van der Waals surface area contributed by atoms with Gasteiger partial charge in [0.25, 0.3) is 0 Å². The van der Waals surface area contributed by atoms with Crippen LogP contribution in [0.1, 0.15) is 11.1 Å². The predicted octanol–water partition coefficient (Wildman–Crippen LogP) is 3.34. The minimum absolute atomic E-state index is 0.149. The zero-order valence-corrected chi connectivity index (χ0v) is 9.28.